The van der Waals surface area contributed by atoms with Gasteiger partial charge in [-0.25, -0.2) is 0 Å². The lowest BCUT2D eigenvalue weighted by atomic mass is 10.1. The second kappa shape index (κ2) is 6.36. The molecule has 0 bridgehead atoms. The molecule has 0 saturated heterocycles. The molecule has 0 fully saturated rings. The molecule has 0 radical (unpaired) electrons. The number of hydrogen-bond donors (Lipinski definition) is 2. The summed E-state index contributed by atoms with van der Waals surface area (Å²) in [5, 5.41) is 3.55. The molecule has 1 aromatic heterocycles. The Morgan fingerprint density at radius 3 is 2.70 bits per heavy atom. The van der Waals surface area contributed by atoms with Crippen molar-refractivity contribution >= 4 is 16.8 Å². The maximum absolute atomic E-state index is 12.5. The lowest BCUT2D eigenvalue weighted by Gasteiger charge is -2.10. The molecular formula is C18H16N2O3. The maximum Gasteiger partial charge on any atom is 0.252 e. The van der Waals surface area contributed by atoms with Crippen molar-refractivity contribution in [3.8, 4) is 5.75 Å². The second-order valence-corrected chi connectivity index (χ2v) is 5.09. The van der Waals surface area contributed by atoms with Crippen molar-refractivity contribution in [2.45, 2.75) is 6.54 Å². The van der Waals surface area contributed by atoms with Crippen LogP contribution in [-0.4, -0.2) is 18.0 Å². The van der Waals surface area contributed by atoms with Gasteiger partial charge in [-0.1, -0.05) is 36.4 Å². The van der Waals surface area contributed by atoms with Crippen LogP contribution in [0, 0.1) is 0 Å². The van der Waals surface area contributed by atoms with Crippen molar-refractivity contribution in [1.29, 1.82) is 0 Å². The molecule has 0 aliphatic rings. The Hall–Kier alpha value is -3.08. The molecule has 0 unspecified atom stereocenters. The van der Waals surface area contributed by atoms with Crippen molar-refractivity contribution in [3.63, 3.8) is 0 Å². The molecule has 2 N–H and O–H groups in total. The van der Waals surface area contributed by atoms with Crippen LogP contribution in [0.25, 0.3) is 10.9 Å². The number of rotatable bonds is 4. The van der Waals surface area contributed by atoms with Crippen LogP contribution in [0.4, 0.5) is 0 Å². The van der Waals surface area contributed by atoms with E-state index in [9.17, 15) is 9.59 Å². The fourth-order valence-electron chi connectivity index (χ4n) is 2.51. The highest BCUT2D eigenvalue weighted by Gasteiger charge is 2.12. The molecule has 0 saturated carbocycles. The summed E-state index contributed by atoms with van der Waals surface area (Å²) in [6, 6.07) is 16.0. The molecule has 0 atom stereocenters. The van der Waals surface area contributed by atoms with Gasteiger partial charge in [0.05, 0.1) is 12.7 Å². The van der Waals surface area contributed by atoms with Crippen molar-refractivity contribution < 1.29 is 9.53 Å². The molecule has 3 rings (SSSR count). The minimum atomic E-state index is -0.300. The first kappa shape index (κ1) is 14.8. The Morgan fingerprint density at radius 2 is 1.87 bits per heavy atom. The standard InChI is InChI=1S/C18H16N2O3/c1-23-16-9-5-2-6-12(16)11-19-18(22)14-10-17(21)20-15-8-4-3-7-13(14)15/h2-10H,11H2,1H3,(H,19,22)(H,20,21). The lowest BCUT2D eigenvalue weighted by molar-refractivity contribution is 0.0952. The number of nitrogens with one attached hydrogen (secondary N) is 2. The van der Waals surface area contributed by atoms with E-state index in [0.717, 1.165) is 5.56 Å². The van der Waals surface area contributed by atoms with Gasteiger partial charge in [-0.15, -0.1) is 0 Å². The highest BCUT2D eigenvalue weighted by molar-refractivity contribution is 6.05. The predicted molar refractivity (Wildman–Crippen MR) is 88.7 cm³/mol. The first-order chi connectivity index (χ1) is 11.2. The number of aromatic amines is 1. The van der Waals surface area contributed by atoms with Gasteiger partial charge in [0.25, 0.3) is 5.91 Å². The summed E-state index contributed by atoms with van der Waals surface area (Å²) >= 11 is 0. The second-order valence-electron chi connectivity index (χ2n) is 5.09. The average molecular weight is 308 g/mol. The first-order valence-electron chi connectivity index (χ1n) is 7.21. The number of hydrogen-bond acceptors (Lipinski definition) is 3. The quantitative estimate of drug-likeness (QED) is 0.778. The zero-order valence-electron chi connectivity index (χ0n) is 12.6. The van der Waals surface area contributed by atoms with E-state index in [2.05, 4.69) is 10.3 Å². The summed E-state index contributed by atoms with van der Waals surface area (Å²) in [6.45, 7) is 0.323. The molecule has 5 nitrogen and oxygen atoms in total. The smallest absolute Gasteiger partial charge is 0.252 e. The van der Waals surface area contributed by atoms with Gasteiger partial charge >= 0.3 is 0 Å². The van der Waals surface area contributed by atoms with Crippen LogP contribution in [0.3, 0.4) is 0 Å². The van der Waals surface area contributed by atoms with Gasteiger partial charge in [0.1, 0.15) is 5.75 Å². The van der Waals surface area contributed by atoms with Gasteiger partial charge < -0.3 is 15.0 Å². The summed E-state index contributed by atoms with van der Waals surface area (Å²) in [5.74, 6) is 0.418. The van der Waals surface area contributed by atoms with Crippen LogP contribution < -0.4 is 15.6 Å². The molecule has 0 aliphatic heterocycles. The van der Waals surface area contributed by atoms with E-state index in [4.69, 9.17) is 4.74 Å². The largest absolute Gasteiger partial charge is 0.496 e. The molecule has 5 heteroatoms. The number of methoxy groups -OCH3 is 1. The van der Waals surface area contributed by atoms with E-state index in [-0.39, 0.29) is 11.5 Å². The zero-order chi connectivity index (χ0) is 16.2. The predicted octanol–water partition coefficient (Wildman–Crippen LogP) is 2.47. The van der Waals surface area contributed by atoms with Crippen LogP contribution >= 0.6 is 0 Å². The Labute approximate surface area is 132 Å². The third-order valence-corrected chi connectivity index (χ3v) is 3.63. The third kappa shape index (κ3) is 3.08. The van der Waals surface area contributed by atoms with Crippen molar-refractivity contribution in [2.24, 2.45) is 0 Å². The van der Waals surface area contributed by atoms with Crippen molar-refractivity contribution in [3.05, 3.63) is 76.1 Å². The van der Waals surface area contributed by atoms with Crippen LogP contribution in [-0.2, 0) is 6.54 Å². The topological polar surface area (TPSA) is 71.2 Å². The molecule has 3 aromatic rings. The van der Waals surface area contributed by atoms with Gasteiger partial charge in [0.2, 0.25) is 5.56 Å². The lowest BCUT2D eigenvalue weighted by Crippen LogP contribution is -2.25. The number of fused-ring (bicyclic) bond motifs is 1. The van der Waals surface area contributed by atoms with Crippen LogP contribution in [0.15, 0.2) is 59.4 Å². The van der Waals surface area contributed by atoms with Crippen LogP contribution in [0.5, 0.6) is 5.75 Å². The van der Waals surface area contributed by atoms with Crippen molar-refractivity contribution in [2.75, 3.05) is 7.11 Å². The summed E-state index contributed by atoms with van der Waals surface area (Å²) in [6.07, 6.45) is 0. The summed E-state index contributed by atoms with van der Waals surface area (Å²) in [7, 11) is 1.59. The number of carbonyl (C=O) groups is 1. The molecule has 0 aliphatic carbocycles. The number of para-hydroxylation sites is 2. The Kier molecular flexibility index (Phi) is 4.10. The molecular weight excluding hydrogens is 292 g/mol. The van der Waals surface area contributed by atoms with Crippen LogP contribution in [0.2, 0.25) is 0 Å². The summed E-state index contributed by atoms with van der Waals surface area (Å²) in [4.78, 5) is 26.9. The van der Waals surface area contributed by atoms with Gasteiger partial charge in [0, 0.05) is 29.1 Å². The van der Waals surface area contributed by atoms with Gasteiger partial charge in [-0.05, 0) is 12.1 Å². The summed E-state index contributed by atoms with van der Waals surface area (Å²) < 4.78 is 5.27. The maximum atomic E-state index is 12.5. The van der Waals surface area contributed by atoms with E-state index >= 15 is 0 Å². The molecule has 1 heterocycles. The SMILES string of the molecule is COc1ccccc1CNC(=O)c1cc(=O)[nH]c2ccccc12. The van der Waals surface area contributed by atoms with Crippen LogP contribution in [0.1, 0.15) is 15.9 Å². The first-order valence-corrected chi connectivity index (χ1v) is 7.21. The normalized spacial score (nSPS) is 10.5. The third-order valence-electron chi connectivity index (χ3n) is 3.63. The van der Waals surface area contributed by atoms with E-state index in [1.807, 2.05) is 42.5 Å². The van der Waals surface area contributed by atoms with Gasteiger partial charge in [-0.3, -0.25) is 9.59 Å². The number of pyridine rings is 1. The minimum Gasteiger partial charge on any atom is -0.496 e. The Balaban J connectivity index is 1.88. The Bertz CT molecular complexity index is 915. The van der Waals surface area contributed by atoms with E-state index in [1.165, 1.54) is 6.07 Å². The molecule has 116 valence electrons. The fourth-order valence-corrected chi connectivity index (χ4v) is 2.51. The van der Waals surface area contributed by atoms with Gasteiger partial charge in [-0.2, -0.15) is 0 Å². The molecule has 0 spiro atoms. The van der Waals surface area contributed by atoms with E-state index < -0.39 is 0 Å². The number of carbonyl (C=O) groups excluding carboxylic acids is 1. The number of ether oxygens (including phenoxy) is 1. The fraction of sp³-hybridized carbons (Fsp3) is 0.111. The average Bonchev–Trinajstić information content (AvgIpc) is 2.59. The molecule has 1 amide bonds. The highest BCUT2D eigenvalue weighted by Crippen LogP contribution is 2.18. The molecule has 23 heavy (non-hydrogen) atoms. The number of aromatic nitrogens is 1. The number of amides is 1. The summed E-state index contributed by atoms with van der Waals surface area (Å²) in [5.41, 5.74) is 1.57. The van der Waals surface area contributed by atoms with Gasteiger partial charge in [0.15, 0.2) is 0 Å². The minimum absolute atomic E-state index is 0.293. The number of benzene rings is 2. The number of H-pyrrole nitrogens is 1. The monoisotopic (exact) mass is 308 g/mol. The zero-order valence-corrected chi connectivity index (χ0v) is 12.6. The van der Waals surface area contributed by atoms with E-state index in [1.54, 1.807) is 13.2 Å². The Morgan fingerprint density at radius 1 is 1.13 bits per heavy atom. The van der Waals surface area contributed by atoms with Crippen molar-refractivity contribution in [1.82, 2.24) is 10.3 Å². The van der Waals surface area contributed by atoms with E-state index in [0.29, 0.717) is 28.8 Å². The molecule has 2 aromatic carbocycles. The highest BCUT2D eigenvalue weighted by atomic mass is 16.5.